The number of hydrogen-bond acceptors (Lipinski definition) is 8. The van der Waals surface area contributed by atoms with Crippen LogP contribution in [0.4, 0.5) is 17.1 Å². The van der Waals surface area contributed by atoms with Crippen LogP contribution in [0.15, 0.2) is 65.1 Å². The lowest BCUT2D eigenvalue weighted by molar-refractivity contribution is -0.384. The minimum absolute atomic E-state index is 0.0575. The molecular formula is C26H23N5O5S. The number of carbonyl (C=O) groups is 1. The quantitative estimate of drug-likeness (QED) is 0.203. The van der Waals surface area contributed by atoms with Crippen LogP contribution in [-0.4, -0.2) is 41.1 Å². The number of non-ortho nitro benzene ring substituents is 1. The van der Waals surface area contributed by atoms with Gasteiger partial charge in [0.05, 0.1) is 23.3 Å². The number of methoxy groups -OCH3 is 1. The first kappa shape index (κ1) is 24.2. The standard InChI is InChI=1S/C26H23N5O5S/c1-35-19-8-4-16(5-9-19)25-28-21-14-17(6-11-23(21)36-25)27-26(37)29-24(32)20-15-18(31(33)34)7-10-22(20)30-12-2-3-13-30/h4-11,14-15H,2-3,12-13H2,1H3,(H2,27,29,32,37). The van der Waals surface area contributed by atoms with E-state index in [1.165, 1.54) is 12.1 Å². The van der Waals surface area contributed by atoms with Crippen molar-refractivity contribution in [2.24, 2.45) is 0 Å². The van der Waals surface area contributed by atoms with Crippen LogP contribution in [0.5, 0.6) is 5.75 Å². The van der Waals surface area contributed by atoms with Gasteiger partial charge >= 0.3 is 0 Å². The summed E-state index contributed by atoms with van der Waals surface area (Å²) in [6.45, 7) is 1.58. The van der Waals surface area contributed by atoms with Crippen LogP contribution in [0.2, 0.25) is 0 Å². The average molecular weight is 518 g/mol. The van der Waals surface area contributed by atoms with Gasteiger partial charge in [0.15, 0.2) is 10.7 Å². The van der Waals surface area contributed by atoms with Gasteiger partial charge in [-0.05, 0) is 73.6 Å². The van der Waals surface area contributed by atoms with E-state index < -0.39 is 10.8 Å². The molecule has 4 aromatic rings. The van der Waals surface area contributed by atoms with Crippen LogP contribution in [0.1, 0.15) is 23.2 Å². The Labute approximate surface area is 217 Å². The molecule has 1 saturated heterocycles. The zero-order valence-electron chi connectivity index (χ0n) is 19.9. The van der Waals surface area contributed by atoms with Crippen LogP contribution in [-0.2, 0) is 0 Å². The fourth-order valence-electron chi connectivity index (χ4n) is 4.25. The van der Waals surface area contributed by atoms with Crippen LogP contribution in [0.25, 0.3) is 22.6 Å². The Hall–Kier alpha value is -4.51. The molecule has 0 bridgehead atoms. The van der Waals surface area contributed by atoms with Gasteiger partial charge in [0, 0.05) is 36.5 Å². The van der Waals surface area contributed by atoms with E-state index in [1.54, 1.807) is 31.4 Å². The summed E-state index contributed by atoms with van der Waals surface area (Å²) in [4.78, 5) is 30.5. The Kier molecular flexibility index (Phi) is 6.69. The van der Waals surface area contributed by atoms with Crippen molar-refractivity contribution in [1.82, 2.24) is 10.3 Å². The Bertz CT molecular complexity index is 1500. The Balaban J connectivity index is 1.32. The number of ether oxygens (including phenoxy) is 1. The van der Waals surface area contributed by atoms with Gasteiger partial charge in [-0.2, -0.15) is 0 Å². The van der Waals surface area contributed by atoms with Gasteiger partial charge in [0.1, 0.15) is 11.3 Å². The monoisotopic (exact) mass is 517 g/mol. The summed E-state index contributed by atoms with van der Waals surface area (Å²) in [6, 6.07) is 17.0. The normalized spacial score (nSPS) is 12.9. The molecule has 0 aliphatic carbocycles. The number of amides is 1. The van der Waals surface area contributed by atoms with Crippen molar-refractivity contribution in [3.63, 3.8) is 0 Å². The van der Waals surface area contributed by atoms with Gasteiger partial charge in [0.25, 0.3) is 11.6 Å². The molecule has 11 heteroatoms. The molecule has 3 aromatic carbocycles. The van der Waals surface area contributed by atoms with E-state index in [2.05, 4.69) is 15.6 Å². The van der Waals surface area contributed by atoms with Crippen LogP contribution < -0.4 is 20.3 Å². The number of benzene rings is 3. The van der Waals surface area contributed by atoms with Gasteiger partial charge < -0.3 is 19.4 Å². The largest absolute Gasteiger partial charge is 0.497 e. The maximum Gasteiger partial charge on any atom is 0.270 e. The van der Waals surface area contributed by atoms with Crippen molar-refractivity contribution in [3.05, 3.63) is 76.3 Å². The molecular weight excluding hydrogens is 494 g/mol. The van der Waals surface area contributed by atoms with Crippen molar-refractivity contribution in [3.8, 4) is 17.2 Å². The number of anilines is 2. The van der Waals surface area contributed by atoms with Crippen molar-refractivity contribution in [1.29, 1.82) is 0 Å². The number of nitrogens with zero attached hydrogens (tertiary/aromatic N) is 3. The molecule has 0 radical (unpaired) electrons. The second-order valence-corrected chi connectivity index (χ2v) is 8.90. The highest BCUT2D eigenvalue weighted by Crippen LogP contribution is 2.29. The molecule has 10 nitrogen and oxygen atoms in total. The van der Waals surface area contributed by atoms with Gasteiger partial charge in [-0.25, -0.2) is 4.98 Å². The number of carbonyl (C=O) groups excluding carboxylic acids is 1. The van der Waals surface area contributed by atoms with E-state index >= 15 is 0 Å². The highest BCUT2D eigenvalue weighted by Gasteiger charge is 2.23. The summed E-state index contributed by atoms with van der Waals surface area (Å²) in [5.41, 5.74) is 3.32. The Morgan fingerprint density at radius 3 is 2.57 bits per heavy atom. The third-order valence-electron chi connectivity index (χ3n) is 6.09. The van der Waals surface area contributed by atoms with Gasteiger partial charge in [-0.1, -0.05) is 0 Å². The SMILES string of the molecule is COc1ccc(-c2nc3cc(NC(=S)NC(=O)c4cc([N+](=O)[O-])ccc4N4CCCC4)ccc3o2)cc1. The summed E-state index contributed by atoms with van der Waals surface area (Å²) in [5.74, 6) is 0.678. The van der Waals surface area contributed by atoms with E-state index in [1.807, 2.05) is 29.2 Å². The van der Waals surface area contributed by atoms with Crippen molar-refractivity contribution in [2.75, 3.05) is 30.4 Å². The predicted molar refractivity (Wildman–Crippen MR) is 144 cm³/mol. The zero-order chi connectivity index (χ0) is 25.9. The fraction of sp³-hybridized carbons (Fsp3) is 0.192. The number of oxazole rings is 1. The molecule has 0 atom stereocenters. The molecule has 1 fully saturated rings. The van der Waals surface area contributed by atoms with Crippen molar-refractivity contribution in [2.45, 2.75) is 12.8 Å². The van der Waals surface area contributed by atoms with Crippen molar-refractivity contribution < 1.29 is 18.9 Å². The highest BCUT2D eigenvalue weighted by molar-refractivity contribution is 7.80. The minimum Gasteiger partial charge on any atom is -0.497 e. The van der Waals surface area contributed by atoms with Crippen LogP contribution in [0.3, 0.4) is 0 Å². The molecule has 0 saturated carbocycles. The average Bonchev–Trinajstić information content (AvgIpc) is 3.58. The third-order valence-corrected chi connectivity index (χ3v) is 6.30. The Morgan fingerprint density at radius 2 is 1.86 bits per heavy atom. The van der Waals surface area contributed by atoms with E-state index in [0.717, 1.165) is 37.2 Å². The number of aromatic nitrogens is 1. The summed E-state index contributed by atoms with van der Waals surface area (Å²) >= 11 is 5.36. The number of fused-ring (bicyclic) bond motifs is 1. The highest BCUT2D eigenvalue weighted by atomic mass is 32.1. The summed E-state index contributed by atoms with van der Waals surface area (Å²) < 4.78 is 11.0. The lowest BCUT2D eigenvalue weighted by Crippen LogP contribution is -2.35. The topological polar surface area (TPSA) is 123 Å². The molecule has 5 rings (SSSR count). The third kappa shape index (κ3) is 5.21. The second kappa shape index (κ2) is 10.2. The number of nitro benzene ring substituents is 1. The lowest BCUT2D eigenvalue weighted by Gasteiger charge is -2.21. The molecule has 1 amide bonds. The number of thiocarbonyl (C=S) groups is 1. The second-order valence-electron chi connectivity index (χ2n) is 8.49. The molecule has 37 heavy (non-hydrogen) atoms. The molecule has 0 spiro atoms. The van der Waals surface area contributed by atoms with E-state index in [4.69, 9.17) is 21.4 Å². The molecule has 188 valence electrons. The molecule has 2 heterocycles. The van der Waals surface area contributed by atoms with E-state index in [0.29, 0.717) is 28.4 Å². The first-order chi connectivity index (χ1) is 17.9. The predicted octanol–water partition coefficient (Wildman–Crippen LogP) is 5.14. The van der Waals surface area contributed by atoms with Gasteiger partial charge in [-0.15, -0.1) is 0 Å². The summed E-state index contributed by atoms with van der Waals surface area (Å²) in [5, 5.41) is 17.0. The molecule has 2 N–H and O–H groups in total. The number of nitro groups is 1. The van der Waals surface area contributed by atoms with Crippen LogP contribution >= 0.6 is 12.2 Å². The first-order valence-electron chi connectivity index (χ1n) is 11.6. The Morgan fingerprint density at radius 1 is 1.11 bits per heavy atom. The maximum atomic E-state index is 13.1. The van der Waals surface area contributed by atoms with Crippen LogP contribution in [0, 0.1) is 10.1 Å². The number of rotatable bonds is 6. The van der Waals surface area contributed by atoms with Gasteiger partial charge in [0.2, 0.25) is 5.89 Å². The summed E-state index contributed by atoms with van der Waals surface area (Å²) in [7, 11) is 1.60. The smallest absolute Gasteiger partial charge is 0.270 e. The maximum absolute atomic E-state index is 13.1. The van der Waals surface area contributed by atoms with E-state index in [-0.39, 0.29) is 16.4 Å². The van der Waals surface area contributed by atoms with E-state index in [9.17, 15) is 14.9 Å². The molecule has 1 aliphatic heterocycles. The van der Waals surface area contributed by atoms with Crippen molar-refractivity contribution >= 4 is 51.4 Å². The molecule has 0 unspecified atom stereocenters. The zero-order valence-corrected chi connectivity index (χ0v) is 20.7. The number of nitrogens with one attached hydrogen (secondary N) is 2. The fourth-order valence-corrected chi connectivity index (χ4v) is 4.46. The molecule has 1 aliphatic rings. The minimum atomic E-state index is -0.521. The summed E-state index contributed by atoms with van der Waals surface area (Å²) in [6.07, 6.45) is 2.01. The molecule has 1 aromatic heterocycles. The lowest BCUT2D eigenvalue weighted by atomic mass is 10.1. The first-order valence-corrected chi connectivity index (χ1v) is 12.0. The van der Waals surface area contributed by atoms with Gasteiger partial charge in [-0.3, -0.25) is 20.2 Å². The number of hydrogen-bond donors (Lipinski definition) is 2.